The summed E-state index contributed by atoms with van der Waals surface area (Å²) in [5, 5.41) is 11.5. The van der Waals surface area contributed by atoms with Gasteiger partial charge in [-0.1, -0.05) is 0 Å². The van der Waals surface area contributed by atoms with Gasteiger partial charge in [0.25, 0.3) is 0 Å². The van der Waals surface area contributed by atoms with Crippen molar-refractivity contribution in [1.82, 2.24) is 10.2 Å². The zero-order valence-electron chi connectivity index (χ0n) is 10.1. The van der Waals surface area contributed by atoms with Crippen molar-refractivity contribution in [3.8, 4) is 0 Å². The molecule has 1 fully saturated rings. The fourth-order valence-corrected chi connectivity index (χ4v) is 1.95. The summed E-state index contributed by atoms with van der Waals surface area (Å²) in [4.78, 5) is 24.1. The van der Waals surface area contributed by atoms with Crippen molar-refractivity contribution in [3.63, 3.8) is 0 Å². The molecule has 1 aromatic heterocycles. The van der Waals surface area contributed by atoms with Crippen LogP contribution < -0.4 is 5.32 Å². The van der Waals surface area contributed by atoms with E-state index in [2.05, 4.69) is 5.32 Å². The van der Waals surface area contributed by atoms with Gasteiger partial charge in [0.15, 0.2) is 0 Å². The molecule has 1 aliphatic heterocycles. The molecule has 98 valence electrons. The molecule has 0 aliphatic carbocycles. The fraction of sp³-hybridized carbons (Fsp3) is 0.500. The zero-order valence-corrected chi connectivity index (χ0v) is 10.1. The first-order valence-corrected chi connectivity index (χ1v) is 5.84. The van der Waals surface area contributed by atoms with E-state index < -0.39 is 5.97 Å². The van der Waals surface area contributed by atoms with Gasteiger partial charge in [0.05, 0.1) is 24.8 Å². The van der Waals surface area contributed by atoms with Gasteiger partial charge < -0.3 is 14.8 Å². The Morgan fingerprint density at radius 3 is 2.89 bits per heavy atom. The third kappa shape index (κ3) is 2.89. The van der Waals surface area contributed by atoms with Gasteiger partial charge in [-0.05, 0) is 19.1 Å². The predicted molar refractivity (Wildman–Crippen MR) is 62.8 cm³/mol. The average Bonchev–Trinajstić information content (AvgIpc) is 2.75. The topological polar surface area (TPSA) is 82.8 Å². The molecule has 6 heteroatoms. The summed E-state index contributed by atoms with van der Waals surface area (Å²) in [5.41, 5.74) is 0. The van der Waals surface area contributed by atoms with Crippen LogP contribution in [0.15, 0.2) is 22.8 Å². The molecule has 2 heterocycles. The first-order chi connectivity index (χ1) is 8.56. The highest BCUT2D eigenvalue weighted by Crippen LogP contribution is 2.16. The van der Waals surface area contributed by atoms with Gasteiger partial charge in [0.2, 0.25) is 5.91 Å². The number of carbonyl (C=O) groups is 2. The monoisotopic (exact) mass is 252 g/mol. The molecule has 18 heavy (non-hydrogen) atoms. The molecule has 1 atom stereocenters. The van der Waals surface area contributed by atoms with Crippen LogP contribution in [-0.2, 0) is 9.59 Å². The minimum absolute atomic E-state index is 0.122. The highest BCUT2D eigenvalue weighted by atomic mass is 16.4. The fourth-order valence-electron chi connectivity index (χ4n) is 1.95. The number of likely N-dealkylation sites (tertiary alicyclic amines) is 1. The summed E-state index contributed by atoms with van der Waals surface area (Å²) < 4.78 is 5.18. The zero-order chi connectivity index (χ0) is 13.1. The Balaban J connectivity index is 1.72. The van der Waals surface area contributed by atoms with Crippen molar-refractivity contribution < 1.29 is 19.1 Å². The normalized spacial score (nSPS) is 18.1. The van der Waals surface area contributed by atoms with Crippen LogP contribution in [-0.4, -0.2) is 41.5 Å². The smallest absolute Gasteiger partial charge is 0.309 e. The van der Waals surface area contributed by atoms with E-state index in [1.165, 1.54) is 0 Å². The number of furan rings is 1. The molecule has 1 amide bonds. The molecule has 1 saturated heterocycles. The molecule has 1 aromatic rings. The SMILES string of the molecule is CC(NC(=O)CN1CC(C(=O)O)C1)c1ccco1. The maximum absolute atomic E-state index is 11.7. The summed E-state index contributed by atoms with van der Waals surface area (Å²) in [6.45, 7) is 2.96. The lowest BCUT2D eigenvalue weighted by atomic mass is 10.0. The number of hydrogen-bond acceptors (Lipinski definition) is 4. The molecule has 0 saturated carbocycles. The average molecular weight is 252 g/mol. The molecule has 0 radical (unpaired) electrons. The van der Waals surface area contributed by atoms with E-state index in [0.29, 0.717) is 18.8 Å². The van der Waals surface area contributed by atoms with Gasteiger partial charge in [0, 0.05) is 13.1 Å². The Labute approximate surface area is 105 Å². The van der Waals surface area contributed by atoms with Crippen LogP contribution in [0.2, 0.25) is 0 Å². The number of carbonyl (C=O) groups excluding carboxylic acids is 1. The second kappa shape index (κ2) is 5.22. The number of carboxylic acid groups (broad SMARTS) is 1. The minimum Gasteiger partial charge on any atom is -0.481 e. The van der Waals surface area contributed by atoms with E-state index in [-0.39, 0.29) is 24.4 Å². The maximum Gasteiger partial charge on any atom is 0.309 e. The van der Waals surface area contributed by atoms with Crippen LogP contribution in [0, 0.1) is 5.92 Å². The van der Waals surface area contributed by atoms with Crippen molar-refractivity contribution >= 4 is 11.9 Å². The van der Waals surface area contributed by atoms with E-state index in [9.17, 15) is 9.59 Å². The molecule has 0 spiro atoms. The Morgan fingerprint density at radius 1 is 1.61 bits per heavy atom. The molecular weight excluding hydrogens is 236 g/mol. The molecule has 0 aromatic carbocycles. The van der Waals surface area contributed by atoms with Crippen LogP contribution in [0.3, 0.4) is 0 Å². The summed E-state index contributed by atoms with van der Waals surface area (Å²) >= 11 is 0. The largest absolute Gasteiger partial charge is 0.481 e. The number of hydrogen-bond donors (Lipinski definition) is 2. The van der Waals surface area contributed by atoms with Crippen LogP contribution >= 0.6 is 0 Å². The number of carboxylic acids is 1. The van der Waals surface area contributed by atoms with E-state index in [0.717, 1.165) is 0 Å². The summed E-state index contributed by atoms with van der Waals surface area (Å²) in [6, 6.07) is 3.39. The van der Waals surface area contributed by atoms with E-state index in [1.807, 2.05) is 11.8 Å². The molecular formula is C12H16N2O4. The highest BCUT2D eigenvalue weighted by molar-refractivity contribution is 5.79. The molecule has 1 unspecified atom stereocenters. The van der Waals surface area contributed by atoms with Crippen molar-refractivity contribution in [2.24, 2.45) is 5.92 Å². The van der Waals surface area contributed by atoms with Crippen LogP contribution in [0.25, 0.3) is 0 Å². The minimum atomic E-state index is -0.796. The summed E-state index contributed by atoms with van der Waals surface area (Å²) in [5.74, 6) is -0.547. The maximum atomic E-state index is 11.7. The summed E-state index contributed by atoms with van der Waals surface area (Å²) in [6.07, 6.45) is 1.56. The molecule has 6 nitrogen and oxygen atoms in total. The van der Waals surface area contributed by atoms with Gasteiger partial charge >= 0.3 is 5.97 Å². The molecule has 0 bridgehead atoms. The Hall–Kier alpha value is -1.82. The number of amides is 1. The number of nitrogens with one attached hydrogen (secondary N) is 1. The van der Waals surface area contributed by atoms with Crippen molar-refractivity contribution in [1.29, 1.82) is 0 Å². The third-order valence-electron chi connectivity index (χ3n) is 3.02. The Kier molecular flexibility index (Phi) is 3.66. The van der Waals surface area contributed by atoms with Gasteiger partial charge in [-0.2, -0.15) is 0 Å². The lowest BCUT2D eigenvalue weighted by molar-refractivity contribution is -0.148. The van der Waals surface area contributed by atoms with Crippen molar-refractivity contribution in [2.45, 2.75) is 13.0 Å². The standard InChI is InChI=1S/C12H16N2O4/c1-8(10-3-2-4-18-10)13-11(15)7-14-5-9(6-14)12(16)17/h2-4,8-9H,5-7H2,1H3,(H,13,15)(H,16,17). The van der Waals surface area contributed by atoms with Crippen LogP contribution in [0.4, 0.5) is 0 Å². The van der Waals surface area contributed by atoms with Crippen LogP contribution in [0.1, 0.15) is 18.7 Å². The molecule has 2 N–H and O–H groups in total. The Bertz CT molecular complexity index is 423. The Morgan fingerprint density at radius 2 is 2.33 bits per heavy atom. The second-order valence-electron chi connectivity index (χ2n) is 4.53. The van der Waals surface area contributed by atoms with Gasteiger partial charge in [-0.3, -0.25) is 14.5 Å². The highest BCUT2D eigenvalue weighted by Gasteiger charge is 2.33. The quantitative estimate of drug-likeness (QED) is 0.796. The van der Waals surface area contributed by atoms with E-state index >= 15 is 0 Å². The van der Waals surface area contributed by atoms with E-state index in [1.54, 1.807) is 18.4 Å². The van der Waals surface area contributed by atoms with Crippen LogP contribution in [0.5, 0.6) is 0 Å². The first-order valence-electron chi connectivity index (χ1n) is 5.84. The first kappa shape index (κ1) is 12.6. The van der Waals surface area contributed by atoms with Crippen molar-refractivity contribution in [2.75, 3.05) is 19.6 Å². The van der Waals surface area contributed by atoms with Gasteiger partial charge in [-0.25, -0.2) is 0 Å². The number of rotatable bonds is 5. The number of aliphatic carboxylic acids is 1. The van der Waals surface area contributed by atoms with Gasteiger partial charge in [0.1, 0.15) is 5.76 Å². The lowest BCUT2D eigenvalue weighted by Gasteiger charge is -2.36. The lowest BCUT2D eigenvalue weighted by Crippen LogP contribution is -2.53. The third-order valence-corrected chi connectivity index (χ3v) is 3.02. The predicted octanol–water partition coefficient (Wildman–Crippen LogP) is 0.473. The summed E-state index contributed by atoms with van der Waals surface area (Å²) in [7, 11) is 0. The molecule has 2 rings (SSSR count). The van der Waals surface area contributed by atoms with Crippen molar-refractivity contribution in [3.05, 3.63) is 24.2 Å². The second-order valence-corrected chi connectivity index (χ2v) is 4.53. The van der Waals surface area contributed by atoms with Gasteiger partial charge in [-0.15, -0.1) is 0 Å². The van der Waals surface area contributed by atoms with E-state index in [4.69, 9.17) is 9.52 Å². The number of nitrogens with zero attached hydrogens (tertiary/aromatic N) is 1. The molecule has 1 aliphatic rings.